The van der Waals surface area contributed by atoms with Gasteiger partial charge in [0.05, 0.1) is 10.6 Å². The highest BCUT2D eigenvalue weighted by Crippen LogP contribution is 2.43. The highest BCUT2D eigenvalue weighted by molar-refractivity contribution is 8.16. The van der Waals surface area contributed by atoms with Crippen LogP contribution in [0, 0.1) is 0 Å². The van der Waals surface area contributed by atoms with Crippen molar-refractivity contribution in [1.29, 1.82) is 0 Å². The normalized spacial score (nSPS) is 16.4. The average molecular weight is 372 g/mol. The molecule has 0 aromatic heterocycles. The summed E-state index contributed by atoms with van der Waals surface area (Å²) in [5.74, 6) is 2.48. The number of benzene rings is 2. The van der Waals surface area contributed by atoms with Crippen molar-refractivity contribution >= 4 is 29.4 Å². The van der Waals surface area contributed by atoms with Crippen LogP contribution in [-0.2, 0) is 0 Å². The van der Waals surface area contributed by atoms with Gasteiger partial charge in [0.25, 0.3) is 5.91 Å². The van der Waals surface area contributed by atoms with E-state index in [-0.39, 0.29) is 11.9 Å². The molecule has 2 nitrogen and oxygen atoms in total. The smallest absolute Gasteiger partial charge is 0.251 e. The molecule has 0 spiro atoms. The fourth-order valence-corrected chi connectivity index (χ4v) is 5.90. The quantitative estimate of drug-likeness (QED) is 0.693. The first-order valence-corrected chi connectivity index (χ1v) is 11.1. The number of nitrogens with one attached hydrogen (secondary N) is 1. The third-order valence-electron chi connectivity index (χ3n) is 4.36. The molecule has 1 amide bonds. The van der Waals surface area contributed by atoms with Crippen molar-refractivity contribution in [2.45, 2.75) is 36.8 Å². The van der Waals surface area contributed by atoms with Gasteiger partial charge in [-0.1, -0.05) is 55.8 Å². The first-order chi connectivity index (χ1) is 12.3. The van der Waals surface area contributed by atoms with Crippen LogP contribution < -0.4 is 5.32 Å². The Kier molecular flexibility index (Phi) is 6.88. The van der Waals surface area contributed by atoms with Crippen LogP contribution in [0.2, 0.25) is 0 Å². The monoisotopic (exact) mass is 371 g/mol. The maximum absolute atomic E-state index is 12.7. The summed E-state index contributed by atoms with van der Waals surface area (Å²) in [5.41, 5.74) is 3.23. The molecule has 132 valence electrons. The van der Waals surface area contributed by atoms with E-state index in [2.05, 4.69) is 36.5 Å². The van der Waals surface area contributed by atoms with Crippen LogP contribution in [0.1, 0.15) is 58.3 Å². The van der Waals surface area contributed by atoms with E-state index in [0.29, 0.717) is 4.58 Å². The minimum Gasteiger partial charge on any atom is -0.345 e. The number of hydrogen-bond donors (Lipinski definition) is 1. The highest BCUT2D eigenvalue weighted by atomic mass is 32.2. The van der Waals surface area contributed by atoms with Crippen LogP contribution >= 0.6 is 23.5 Å². The molecule has 1 aliphatic rings. The minimum absolute atomic E-state index is 0.0119. The second kappa shape index (κ2) is 9.35. The van der Waals surface area contributed by atoms with E-state index >= 15 is 0 Å². The zero-order valence-corrected chi connectivity index (χ0v) is 16.2. The first kappa shape index (κ1) is 18.4. The van der Waals surface area contributed by atoms with E-state index < -0.39 is 0 Å². The standard InChI is InChI=1S/C21H25NOS2/c1-2-7-19(16-8-4-3-5-9-16)22-20(23)17-10-12-18(13-11-17)21-24-14-6-15-25-21/h3-5,8-13,19,21H,2,6-7,14-15H2,1H3,(H,22,23). The lowest BCUT2D eigenvalue weighted by atomic mass is 10.0. The van der Waals surface area contributed by atoms with Crippen LogP contribution in [0.4, 0.5) is 0 Å². The van der Waals surface area contributed by atoms with E-state index in [4.69, 9.17) is 0 Å². The molecule has 1 N–H and O–H groups in total. The Morgan fingerprint density at radius 3 is 2.40 bits per heavy atom. The summed E-state index contributed by atoms with van der Waals surface area (Å²) < 4.78 is 0.517. The number of hydrogen-bond acceptors (Lipinski definition) is 3. The van der Waals surface area contributed by atoms with Gasteiger partial charge in [-0.25, -0.2) is 0 Å². The topological polar surface area (TPSA) is 29.1 Å². The molecule has 0 saturated carbocycles. The summed E-state index contributed by atoms with van der Waals surface area (Å²) in [6, 6.07) is 18.5. The fraction of sp³-hybridized carbons (Fsp3) is 0.381. The molecule has 1 atom stereocenters. The Bertz CT molecular complexity index is 666. The number of rotatable bonds is 6. The Hall–Kier alpha value is -1.39. The minimum atomic E-state index is 0.0119. The van der Waals surface area contributed by atoms with Gasteiger partial charge >= 0.3 is 0 Å². The van der Waals surface area contributed by atoms with Crippen LogP contribution in [0.3, 0.4) is 0 Å². The van der Waals surface area contributed by atoms with Crippen molar-refractivity contribution in [2.24, 2.45) is 0 Å². The largest absolute Gasteiger partial charge is 0.345 e. The molecule has 2 aromatic rings. The maximum atomic E-state index is 12.7. The van der Waals surface area contributed by atoms with Crippen molar-refractivity contribution in [3.8, 4) is 0 Å². The van der Waals surface area contributed by atoms with E-state index in [1.54, 1.807) is 0 Å². The second-order valence-corrected chi connectivity index (χ2v) is 9.00. The van der Waals surface area contributed by atoms with Gasteiger partial charge in [0.2, 0.25) is 0 Å². The molecule has 1 saturated heterocycles. The lowest BCUT2D eigenvalue weighted by Gasteiger charge is -2.21. The van der Waals surface area contributed by atoms with Crippen LogP contribution in [0.25, 0.3) is 0 Å². The number of amides is 1. The summed E-state index contributed by atoms with van der Waals surface area (Å²) in [6.07, 6.45) is 3.28. The summed E-state index contributed by atoms with van der Waals surface area (Å²) in [5, 5.41) is 3.20. The molecule has 1 aliphatic heterocycles. The Morgan fingerprint density at radius 1 is 1.08 bits per heavy atom. The van der Waals surface area contributed by atoms with Gasteiger partial charge in [-0.3, -0.25) is 4.79 Å². The zero-order valence-electron chi connectivity index (χ0n) is 14.6. The van der Waals surface area contributed by atoms with E-state index in [0.717, 1.165) is 18.4 Å². The third kappa shape index (κ3) is 5.05. The van der Waals surface area contributed by atoms with Gasteiger partial charge in [0.15, 0.2) is 0 Å². The van der Waals surface area contributed by atoms with Crippen molar-refractivity contribution in [3.05, 3.63) is 71.3 Å². The van der Waals surface area contributed by atoms with Gasteiger partial charge in [0.1, 0.15) is 0 Å². The van der Waals surface area contributed by atoms with Crippen molar-refractivity contribution < 1.29 is 4.79 Å². The number of carbonyl (C=O) groups is 1. The molecular formula is C21H25NOS2. The molecular weight excluding hydrogens is 346 g/mol. The fourth-order valence-electron chi connectivity index (χ4n) is 3.01. The van der Waals surface area contributed by atoms with E-state index in [1.807, 2.05) is 53.9 Å². The summed E-state index contributed by atoms with van der Waals surface area (Å²) in [4.78, 5) is 12.7. The Labute approximate surface area is 159 Å². The second-order valence-electron chi connectivity index (χ2n) is 6.27. The molecule has 1 fully saturated rings. The number of carbonyl (C=O) groups excluding carboxylic acids is 1. The number of thioether (sulfide) groups is 2. The average Bonchev–Trinajstić information content (AvgIpc) is 2.69. The van der Waals surface area contributed by atoms with E-state index in [9.17, 15) is 4.79 Å². The molecule has 0 aliphatic carbocycles. The van der Waals surface area contributed by atoms with Crippen molar-refractivity contribution in [3.63, 3.8) is 0 Å². The van der Waals surface area contributed by atoms with Gasteiger partial charge in [-0.15, -0.1) is 23.5 Å². The lowest BCUT2D eigenvalue weighted by molar-refractivity contribution is 0.0934. The molecule has 4 heteroatoms. The predicted molar refractivity (Wildman–Crippen MR) is 110 cm³/mol. The van der Waals surface area contributed by atoms with Crippen LogP contribution in [-0.4, -0.2) is 17.4 Å². The van der Waals surface area contributed by atoms with Gasteiger partial charge in [0, 0.05) is 5.56 Å². The van der Waals surface area contributed by atoms with Crippen molar-refractivity contribution in [2.75, 3.05) is 11.5 Å². The van der Waals surface area contributed by atoms with Gasteiger partial charge in [-0.2, -0.15) is 0 Å². The SMILES string of the molecule is CCCC(NC(=O)c1ccc(C2SCCCS2)cc1)c1ccccc1. The molecule has 1 unspecified atom stereocenters. The summed E-state index contributed by atoms with van der Waals surface area (Å²) in [6.45, 7) is 2.15. The van der Waals surface area contributed by atoms with Crippen molar-refractivity contribution in [1.82, 2.24) is 5.32 Å². The molecule has 1 heterocycles. The molecule has 0 bridgehead atoms. The van der Waals surface area contributed by atoms with Crippen LogP contribution in [0.15, 0.2) is 54.6 Å². The molecule has 2 aromatic carbocycles. The highest BCUT2D eigenvalue weighted by Gasteiger charge is 2.18. The Balaban J connectivity index is 1.67. The van der Waals surface area contributed by atoms with Gasteiger partial charge < -0.3 is 5.32 Å². The lowest BCUT2D eigenvalue weighted by Crippen LogP contribution is -2.28. The van der Waals surface area contributed by atoms with Gasteiger partial charge in [-0.05, 0) is 47.6 Å². The Morgan fingerprint density at radius 2 is 1.76 bits per heavy atom. The molecule has 3 rings (SSSR count). The zero-order chi connectivity index (χ0) is 17.5. The molecule has 0 radical (unpaired) electrons. The predicted octanol–water partition coefficient (Wildman–Crippen LogP) is 5.83. The van der Waals surface area contributed by atoms with E-state index in [1.165, 1.54) is 29.1 Å². The summed E-state index contributed by atoms with van der Waals surface area (Å²) >= 11 is 4.01. The van der Waals surface area contributed by atoms with Crippen LogP contribution in [0.5, 0.6) is 0 Å². The summed E-state index contributed by atoms with van der Waals surface area (Å²) in [7, 11) is 0. The molecule has 25 heavy (non-hydrogen) atoms. The third-order valence-corrected chi connectivity index (χ3v) is 7.37. The first-order valence-electron chi connectivity index (χ1n) is 8.97. The maximum Gasteiger partial charge on any atom is 0.251 e.